The van der Waals surface area contributed by atoms with E-state index in [-0.39, 0.29) is 11.4 Å². The van der Waals surface area contributed by atoms with E-state index in [4.69, 9.17) is 4.74 Å². The molecule has 0 aliphatic rings. The second kappa shape index (κ2) is 13.3. The Kier molecular flexibility index (Phi) is 9.76. The van der Waals surface area contributed by atoms with Crippen molar-refractivity contribution in [1.29, 1.82) is 0 Å². The summed E-state index contributed by atoms with van der Waals surface area (Å²) in [4.78, 5) is 10.6. The number of benzene rings is 3. The molecule has 6 heteroatoms. The Hall–Kier alpha value is -3.35. The summed E-state index contributed by atoms with van der Waals surface area (Å²) in [6, 6.07) is 23.3. The molecule has 0 aromatic heterocycles. The van der Waals surface area contributed by atoms with Gasteiger partial charge >= 0.3 is 0 Å². The number of unbranched alkanes of at least 4 members (excludes halogenated alkanes) is 1. The summed E-state index contributed by atoms with van der Waals surface area (Å²) in [6.45, 7) is 1.80. The first-order valence-corrected chi connectivity index (χ1v) is 11.3. The van der Waals surface area contributed by atoms with Crippen LogP contribution in [0.1, 0.15) is 35.6 Å². The standard InChI is InChI=1S/C27H32N2O4/c30-20-29-25-18-23(11-14-26(25)31)27(32)19-28-16-15-22-9-12-24(13-10-22)33-17-5-4-8-21-6-2-1-3-7-21/h1-3,6-7,9-14,18,20,27-28,31-32H,4-5,8,15-17,19H2,(H,29,30)/t27-/m0/s1. The molecular weight excluding hydrogens is 416 g/mol. The quantitative estimate of drug-likeness (QED) is 0.168. The average molecular weight is 449 g/mol. The molecule has 0 spiro atoms. The number of aliphatic hydroxyl groups is 1. The van der Waals surface area contributed by atoms with Gasteiger partial charge in [-0.3, -0.25) is 4.79 Å². The Morgan fingerprint density at radius 3 is 2.42 bits per heavy atom. The van der Waals surface area contributed by atoms with Crippen molar-refractivity contribution in [3.8, 4) is 11.5 Å². The first-order chi connectivity index (χ1) is 16.2. The van der Waals surface area contributed by atoms with Crippen LogP contribution in [-0.4, -0.2) is 36.3 Å². The van der Waals surface area contributed by atoms with E-state index in [1.54, 1.807) is 12.1 Å². The molecule has 0 heterocycles. The molecule has 0 radical (unpaired) electrons. The molecule has 0 fully saturated rings. The predicted molar refractivity (Wildman–Crippen MR) is 131 cm³/mol. The summed E-state index contributed by atoms with van der Waals surface area (Å²) in [6.07, 6.45) is 3.79. The van der Waals surface area contributed by atoms with Crippen LogP contribution in [0, 0.1) is 0 Å². The Bertz CT molecular complexity index is 977. The van der Waals surface area contributed by atoms with Crippen LogP contribution in [0.3, 0.4) is 0 Å². The molecule has 33 heavy (non-hydrogen) atoms. The summed E-state index contributed by atoms with van der Waals surface area (Å²) in [7, 11) is 0. The number of nitrogens with one attached hydrogen (secondary N) is 2. The zero-order chi connectivity index (χ0) is 23.3. The summed E-state index contributed by atoms with van der Waals surface area (Å²) < 4.78 is 5.85. The Morgan fingerprint density at radius 1 is 0.909 bits per heavy atom. The van der Waals surface area contributed by atoms with Gasteiger partial charge in [0.15, 0.2) is 0 Å². The highest BCUT2D eigenvalue weighted by Gasteiger charge is 2.10. The smallest absolute Gasteiger partial charge is 0.211 e. The maximum absolute atomic E-state index is 10.6. The second-order valence-corrected chi connectivity index (χ2v) is 7.94. The van der Waals surface area contributed by atoms with Crippen LogP contribution < -0.4 is 15.4 Å². The van der Waals surface area contributed by atoms with Crippen molar-refractivity contribution in [3.05, 3.63) is 89.5 Å². The zero-order valence-electron chi connectivity index (χ0n) is 18.7. The molecule has 3 rings (SSSR count). The van der Waals surface area contributed by atoms with E-state index in [1.807, 2.05) is 18.2 Å². The maximum atomic E-state index is 10.6. The lowest BCUT2D eigenvalue weighted by Crippen LogP contribution is -2.23. The Balaban J connectivity index is 1.31. The van der Waals surface area contributed by atoms with E-state index in [2.05, 4.69) is 47.0 Å². The number of phenolic OH excluding ortho intramolecular Hbond substituents is 1. The number of hydrogen-bond acceptors (Lipinski definition) is 5. The predicted octanol–water partition coefficient (Wildman–Crippen LogP) is 4.23. The number of aromatic hydroxyl groups is 1. The largest absolute Gasteiger partial charge is 0.506 e. The molecule has 0 saturated carbocycles. The Labute approximate surface area is 195 Å². The molecule has 1 amide bonds. The summed E-state index contributed by atoms with van der Waals surface area (Å²) in [5.41, 5.74) is 3.45. The van der Waals surface area contributed by atoms with Crippen molar-refractivity contribution < 1.29 is 19.7 Å². The van der Waals surface area contributed by atoms with Gasteiger partial charge in [0.05, 0.1) is 18.4 Å². The minimum atomic E-state index is -0.740. The van der Waals surface area contributed by atoms with Gasteiger partial charge in [-0.15, -0.1) is 0 Å². The SMILES string of the molecule is O=CNc1cc([C@@H](O)CNCCc2ccc(OCCCCc3ccccc3)cc2)ccc1O. The van der Waals surface area contributed by atoms with E-state index in [0.717, 1.165) is 31.4 Å². The normalized spacial score (nSPS) is 11.7. The van der Waals surface area contributed by atoms with Crippen molar-refractivity contribution in [2.75, 3.05) is 25.0 Å². The lowest BCUT2D eigenvalue weighted by molar-refractivity contribution is -0.105. The number of phenols is 1. The molecule has 174 valence electrons. The third-order valence-corrected chi connectivity index (χ3v) is 5.44. The molecule has 0 unspecified atom stereocenters. The van der Waals surface area contributed by atoms with Crippen LogP contribution in [-0.2, 0) is 17.6 Å². The van der Waals surface area contributed by atoms with Crippen molar-refractivity contribution in [1.82, 2.24) is 5.32 Å². The number of anilines is 1. The van der Waals surface area contributed by atoms with Crippen molar-refractivity contribution in [3.63, 3.8) is 0 Å². The van der Waals surface area contributed by atoms with Crippen molar-refractivity contribution >= 4 is 12.1 Å². The molecule has 0 saturated heterocycles. The lowest BCUT2D eigenvalue weighted by Gasteiger charge is -2.14. The molecule has 0 aliphatic heterocycles. The van der Waals surface area contributed by atoms with Crippen LogP contribution in [0.25, 0.3) is 0 Å². The minimum Gasteiger partial charge on any atom is -0.506 e. The summed E-state index contributed by atoms with van der Waals surface area (Å²) in [5, 5.41) is 25.7. The number of aryl methyl sites for hydroxylation is 1. The molecule has 0 bridgehead atoms. The number of carbonyl (C=O) groups excluding carboxylic acids is 1. The first-order valence-electron chi connectivity index (χ1n) is 11.3. The maximum Gasteiger partial charge on any atom is 0.211 e. The monoisotopic (exact) mass is 448 g/mol. The molecule has 1 atom stereocenters. The highest BCUT2D eigenvalue weighted by Crippen LogP contribution is 2.26. The number of hydrogen-bond donors (Lipinski definition) is 4. The number of carbonyl (C=O) groups is 1. The van der Waals surface area contributed by atoms with Gasteiger partial charge in [-0.1, -0.05) is 48.5 Å². The average Bonchev–Trinajstić information content (AvgIpc) is 2.84. The van der Waals surface area contributed by atoms with Gasteiger partial charge in [0, 0.05) is 6.54 Å². The fraction of sp³-hybridized carbons (Fsp3) is 0.296. The van der Waals surface area contributed by atoms with Crippen LogP contribution >= 0.6 is 0 Å². The van der Waals surface area contributed by atoms with E-state index in [0.29, 0.717) is 31.7 Å². The first kappa shape index (κ1) is 24.3. The number of rotatable bonds is 14. The van der Waals surface area contributed by atoms with Crippen LogP contribution in [0.5, 0.6) is 11.5 Å². The molecule has 3 aromatic rings. The molecule has 0 aliphatic carbocycles. The van der Waals surface area contributed by atoms with Crippen LogP contribution in [0.4, 0.5) is 5.69 Å². The third-order valence-electron chi connectivity index (χ3n) is 5.44. The fourth-order valence-electron chi connectivity index (χ4n) is 3.55. The third kappa shape index (κ3) is 8.25. The van der Waals surface area contributed by atoms with Crippen molar-refractivity contribution in [2.45, 2.75) is 31.8 Å². The van der Waals surface area contributed by atoms with Gasteiger partial charge in [-0.2, -0.15) is 0 Å². The van der Waals surface area contributed by atoms with Gasteiger partial charge in [0.2, 0.25) is 6.41 Å². The number of amides is 1. The van der Waals surface area contributed by atoms with E-state index in [1.165, 1.54) is 17.2 Å². The summed E-state index contributed by atoms with van der Waals surface area (Å²) >= 11 is 0. The second-order valence-electron chi connectivity index (χ2n) is 7.94. The van der Waals surface area contributed by atoms with Gasteiger partial charge in [0.25, 0.3) is 0 Å². The number of ether oxygens (including phenoxy) is 1. The van der Waals surface area contributed by atoms with E-state index < -0.39 is 6.10 Å². The van der Waals surface area contributed by atoms with Gasteiger partial charge < -0.3 is 25.6 Å². The number of aliphatic hydroxyl groups excluding tert-OH is 1. The summed E-state index contributed by atoms with van der Waals surface area (Å²) in [5.74, 6) is 0.847. The molecular formula is C27H32N2O4. The molecule has 3 aromatic carbocycles. The lowest BCUT2D eigenvalue weighted by atomic mass is 10.1. The van der Waals surface area contributed by atoms with Crippen LogP contribution in [0.2, 0.25) is 0 Å². The highest BCUT2D eigenvalue weighted by molar-refractivity contribution is 5.75. The van der Waals surface area contributed by atoms with E-state index >= 15 is 0 Å². The van der Waals surface area contributed by atoms with Gasteiger partial charge in [-0.25, -0.2) is 0 Å². The molecule has 6 nitrogen and oxygen atoms in total. The highest BCUT2D eigenvalue weighted by atomic mass is 16.5. The minimum absolute atomic E-state index is 0.0365. The topological polar surface area (TPSA) is 90.8 Å². The van der Waals surface area contributed by atoms with E-state index in [9.17, 15) is 15.0 Å². The van der Waals surface area contributed by atoms with Gasteiger partial charge in [0.1, 0.15) is 11.5 Å². The zero-order valence-corrected chi connectivity index (χ0v) is 18.7. The van der Waals surface area contributed by atoms with Gasteiger partial charge in [-0.05, 0) is 73.2 Å². The molecule has 4 N–H and O–H groups in total. The Morgan fingerprint density at radius 2 is 1.67 bits per heavy atom. The van der Waals surface area contributed by atoms with Crippen molar-refractivity contribution in [2.24, 2.45) is 0 Å². The fourth-order valence-corrected chi connectivity index (χ4v) is 3.55. The van der Waals surface area contributed by atoms with Crippen LogP contribution in [0.15, 0.2) is 72.8 Å².